The summed E-state index contributed by atoms with van der Waals surface area (Å²) in [6, 6.07) is 4.39. The molecule has 0 fully saturated rings. The van der Waals surface area contributed by atoms with Crippen LogP contribution in [0.15, 0.2) is 27.2 Å². The molecule has 0 aliphatic rings. The Morgan fingerprint density at radius 1 is 1.48 bits per heavy atom. The minimum Gasteiger partial charge on any atom is -0.459 e. The van der Waals surface area contributed by atoms with E-state index >= 15 is 0 Å². The first-order valence-corrected chi connectivity index (χ1v) is 5.86. The van der Waals surface area contributed by atoms with E-state index in [0.717, 1.165) is 0 Å². The van der Waals surface area contributed by atoms with Gasteiger partial charge in [0.1, 0.15) is 11.6 Å². The molecular formula is C13H9F3N2O3. The van der Waals surface area contributed by atoms with Crippen molar-refractivity contribution >= 4 is 11.8 Å². The molecule has 21 heavy (non-hydrogen) atoms. The number of furan rings is 2. The first-order chi connectivity index (χ1) is 9.88. The fourth-order valence-electron chi connectivity index (χ4n) is 1.81. The number of nitriles is 1. The van der Waals surface area contributed by atoms with Crippen LogP contribution in [0.5, 0.6) is 0 Å². The summed E-state index contributed by atoms with van der Waals surface area (Å²) in [5, 5.41) is 11.1. The van der Waals surface area contributed by atoms with Gasteiger partial charge in [-0.1, -0.05) is 6.92 Å². The fourth-order valence-corrected chi connectivity index (χ4v) is 1.81. The summed E-state index contributed by atoms with van der Waals surface area (Å²) in [4.78, 5) is 11.7. The van der Waals surface area contributed by atoms with Gasteiger partial charge in [0.25, 0.3) is 5.91 Å². The molecule has 0 spiro atoms. The molecule has 0 atom stereocenters. The molecule has 0 unspecified atom stereocenters. The van der Waals surface area contributed by atoms with Gasteiger partial charge in [-0.15, -0.1) is 0 Å². The van der Waals surface area contributed by atoms with Crippen molar-refractivity contribution in [3.05, 3.63) is 41.0 Å². The molecule has 0 aliphatic carbocycles. The Morgan fingerprint density at radius 3 is 2.67 bits per heavy atom. The average molecular weight is 298 g/mol. The lowest BCUT2D eigenvalue weighted by Gasteiger charge is -2.03. The second kappa shape index (κ2) is 5.36. The first kappa shape index (κ1) is 14.7. The van der Waals surface area contributed by atoms with Crippen LogP contribution in [0.3, 0.4) is 0 Å². The predicted octanol–water partition coefficient (Wildman–Crippen LogP) is 3.58. The topological polar surface area (TPSA) is 79.2 Å². The highest BCUT2D eigenvalue weighted by Crippen LogP contribution is 2.39. The first-order valence-electron chi connectivity index (χ1n) is 5.86. The smallest absolute Gasteiger partial charge is 0.449 e. The highest BCUT2D eigenvalue weighted by Gasteiger charge is 2.40. The van der Waals surface area contributed by atoms with Crippen LogP contribution in [0.4, 0.5) is 19.1 Å². The molecule has 2 heterocycles. The number of hydrogen-bond donors (Lipinski definition) is 1. The highest BCUT2D eigenvalue weighted by molar-refractivity contribution is 6.02. The van der Waals surface area contributed by atoms with Gasteiger partial charge in [-0.2, -0.15) is 18.4 Å². The SMILES string of the molecule is CCc1c(C(F)(F)F)oc(NC(=O)c2ccco2)c1C#N. The molecule has 110 valence electrons. The van der Waals surface area contributed by atoms with Crippen molar-refractivity contribution in [2.75, 3.05) is 5.32 Å². The standard InChI is InChI=1S/C13H9F3N2O3/c1-2-7-8(6-17)12(21-10(7)13(14,15)16)18-11(19)9-4-3-5-20-9/h3-5H,2H2,1H3,(H,18,19). The number of hydrogen-bond acceptors (Lipinski definition) is 4. The van der Waals surface area contributed by atoms with Gasteiger partial charge < -0.3 is 8.83 Å². The number of nitrogens with zero attached hydrogens (tertiary/aromatic N) is 1. The summed E-state index contributed by atoms with van der Waals surface area (Å²) < 4.78 is 48.0. The second-order valence-electron chi connectivity index (χ2n) is 4.01. The van der Waals surface area contributed by atoms with Gasteiger partial charge in [-0.3, -0.25) is 10.1 Å². The molecule has 0 aromatic carbocycles. The van der Waals surface area contributed by atoms with Crippen molar-refractivity contribution in [1.29, 1.82) is 5.26 Å². The summed E-state index contributed by atoms with van der Waals surface area (Å²) in [6.45, 7) is 1.46. The minimum absolute atomic E-state index is 0.0577. The molecule has 0 saturated carbocycles. The summed E-state index contributed by atoms with van der Waals surface area (Å²) >= 11 is 0. The van der Waals surface area contributed by atoms with E-state index in [1.165, 1.54) is 25.3 Å². The Labute approximate surface area is 117 Å². The van der Waals surface area contributed by atoms with Gasteiger partial charge in [-0.25, -0.2) is 0 Å². The van der Waals surface area contributed by atoms with Crippen molar-refractivity contribution in [3.8, 4) is 6.07 Å². The lowest BCUT2D eigenvalue weighted by atomic mass is 10.1. The Bertz CT molecular complexity index is 694. The Morgan fingerprint density at radius 2 is 2.19 bits per heavy atom. The molecule has 1 N–H and O–H groups in total. The fraction of sp³-hybridized carbons (Fsp3) is 0.231. The van der Waals surface area contributed by atoms with Crippen LogP contribution in [0.2, 0.25) is 0 Å². The van der Waals surface area contributed by atoms with Gasteiger partial charge in [-0.05, 0) is 18.6 Å². The summed E-state index contributed by atoms with van der Waals surface area (Å²) in [6.07, 6.45) is -3.57. The molecule has 5 nitrogen and oxygen atoms in total. The molecule has 0 bridgehead atoms. The molecule has 8 heteroatoms. The number of anilines is 1. The van der Waals surface area contributed by atoms with E-state index in [1.54, 1.807) is 6.07 Å². The largest absolute Gasteiger partial charge is 0.459 e. The molecule has 1 amide bonds. The number of halogens is 3. The number of carbonyl (C=O) groups is 1. The minimum atomic E-state index is -4.75. The number of rotatable bonds is 3. The van der Waals surface area contributed by atoms with E-state index < -0.39 is 23.7 Å². The monoisotopic (exact) mass is 298 g/mol. The Balaban J connectivity index is 2.43. The average Bonchev–Trinajstić information content (AvgIpc) is 3.04. The molecule has 0 aliphatic heterocycles. The van der Waals surface area contributed by atoms with Crippen molar-refractivity contribution in [2.24, 2.45) is 0 Å². The van der Waals surface area contributed by atoms with Gasteiger partial charge >= 0.3 is 6.18 Å². The molecule has 0 radical (unpaired) electrons. The van der Waals surface area contributed by atoms with Crippen LogP contribution < -0.4 is 5.32 Å². The Kier molecular flexibility index (Phi) is 3.76. The third kappa shape index (κ3) is 2.76. The molecule has 2 aromatic heterocycles. The highest BCUT2D eigenvalue weighted by atomic mass is 19.4. The van der Waals surface area contributed by atoms with Gasteiger partial charge in [0.05, 0.1) is 6.26 Å². The van der Waals surface area contributed by atoms with E-state index in [-0.39, 0.29) is 23.3 Å². The van der Waals surface area contributed by atoms with Gasteiger partial charge in [0.15, 0.2) is 5.76 Å². The maximum atomic E-state index is 12.8. The van der Waals surface area contributed by atoms with Crippen molar-refractivity contribution in [1.82, 2.24) is 0 Å². The zero-order valence-corrected chi connectivity index (χ0v) is 10.7. The van der Waals surface area contributed by atoms with Crippen LogP contribution in [0.25, 0.3) is 0 Å². The molecule has 2 aromatic rings. The van der Waals surface area contributed by atoms with Gasteiger partial charge in [0.2, 0.25) is 11.6 Å². The number of carbonyl (C=O) groups excluding carboxylic acids is 1. The lowest BCUT2D eigenvalue weighted by molar-refractivity contribution is -0.153. The molecule has 0 saturated heterocycles. The van der Waals surface area contributed by atoms with Crippen molar-refractivity contribution in [3.63, 3.8) is 0 Å². The molecular weight excluding hydrogens is 289 g/mol. The number of alkyl halides is 3. The van der Waals surface area contributed by atoms with Crippen LogP contribution in [-0.4, -0.2) is 5.91 Å². The van der Waals surface area contributed by atoms with E-state index in [1.807, 2.05) is 0 Å². The maximum Gasteiger partial charge on any atom is 0.449 e. The predicted molar refractivity (Wildman–Crippen MR) is 64.5 cm³/mol. The van der Waals surface area contributed by atoms with Crippen molar-refractivity contribution < 1.29 is 26.8 Å². The number of amides is 1. The zero-order valence-electron chi connectivity index (χ0n) is 10.7. The van der Waals surface area contributed by atoms with E-state index in [0.29, 0.717) is 0 Å². The quantitative estimate of drug-likeness (QED) is 0.939. The van der Waals surface area contributed by atoms with Crippen LogP contribution in [-0.2, 0) is 12.6 Å². The third-order valence-corrected chi connectivity index (χ3v) is 2.70. The molecule has 2 rings (SSSR count). The van der Waals surface area contributed by atoms with E-state index in [4.69, 9.17) is 9.68 Å². The third-order valence-electron chi connectivity index (χ3n) is 2.70. The van der Waals surface area contributed by atoms with Crippen LogP contribution in [0.1, 0.15) is 34.4 Å². The van der Waals surface area contributed by atoms with Crippen LogP contribution in [0, 0.1) is 11.3 Å². The summed E-state index contributed by atoms with van der Waals surface area (Å²) in [7, 11) is 0. The lowest BCUT2D eigenvalue weighted by Crippen LogP contribution is -2.11. The van der Waals surface area contributed by atoms with Crippen LogP contribution >= 0.6 is 0 Å². The number of nitrogens with one attached hydrogen (secondary N) is 1. The summed E-state index contributed by atoms with van der Waals surface area (Å²) in [5.41, 5.74) is -0.635. The summed E-state index contributed by atoms with van der Waals surface area (Å²) in [5.74, 6) is -2.73. The van der Waals surface area contributed by atoms with E-state index in [2.05, 4.69) is 9.73 Å². The maximum absolute atomic E-state index is 12.8. The van der Waals surface area contributed by atoms with Gasteiger partial charge in [0, 0.05) is 5.56 Å². The Hall–Kier alpha value is -2.69. The normalized spacial score (nSPS) is 11.2. The second-order valence-corrected chi connectivity index (χ2v) is 4.01. The van der Waals surface area contributed by atoms with E-state index in [9.17, 15) is 18.0 Å². The van der Waals surface area contributed by atoms with Crippen molar-refractivity contribution in [2.45, 2.75) is 19.5 Å². The zero-order chi connectivity index (χ0) is 15.6.